The van der Waals surface area contributed by atoms with Crippen LogP contribution in [-0.4, -0.2) is 52.3 Å². The maximum absolute atomic E-state index is 6.43. The maximum Gasteiger partial charge on any atom is 0.108 e. The number of imidazole rings is 1. The van der Waals surface area contributed by atoms with E-state index in [-0.39, 0.29) is 11.6 Å². The number of morpholine rings is 1. The number of nitrogens with zero attached hydrogens (tertiary/aromatic N) is 3. The van der Waals surface area contributed by atoms with Crippen molar-refractivity contribution in [3.63, 3.8) is 0 Å². The second-order valence-electron chi connectivity index (χ2n) is 5.85. The van der Waals surface area contributed by atoms with E-state index in [4.69, 9.17) is 10.5 Å². The highest BCUT2D eigenvalue weighted by atomic mass is 16.5. The van der Waals surface area contributed by atoms with Crippen molar-refractivity contribution in [1.29, 1.82) is 0 Å². The van der Waals surface area contributed by atoms with Gasteiger partial charge < -0.3 is 15.0 Å². The quantitative estimate of drug-likeness (QED) is 0.856. The maximum atomic E-state index is 6.43. The highest BCUT2D eigenvalue weighted by Gasteiger charge is 2.33. The Hall–Kier alpha value is -0.910. The molecule has 0 bridgehead atoms. The van der Waals surface area contributed by atoms with E-state index in [2.05, 4.69) is 28.3 Å². The number of aromatic nitrogens is 2. The fourth-order valence-corrected chi connectivity index (χ4v) is 2.65. The molecule has 1 saturated heterocycles. The standard InChI is InChI=1S/C14H26N4O/c1-14(2,18-8-10-19-11-9-18)12(15)4-5-13-16-6-7-17(13)3/h6-7,12H,4-5,8-11,15H2,1-3H3. The van der Waals surface area contributed by atoms with Crippen molar-refractivity contribution < 1.29 is 4.74 Å². The average molecular weight is 266 g/mol. The van der Waals surface area contributed by atoms with Gasteiger partial charge >= 0.3 is 0 Å². The first-order valence-electron chi connectivity index (χ1n) is 7.06. The lowest BCUT2D eigenvalue weighted by atomic mass is 9.89. The van der Waals surface area contributed by atoms with Gasteiger partial charge in [-0.3, -0.25) is 4.90 Å². The van der Waals surface area contributed by atoms with Crippen molar-refractivity contribution in [3.8, 4) is 0 Å². The molecule has 2 heterocycles. The summed E-state index contributed by atoms with van der Waals surface area (Å²) in [5, 5.41) is 0. The zero-order valence-corrected chi connectivity index (χ0v) is 12.3. The smallest absolute Gasteiger partial charge is 0.108 e. The molecule has 0 spiro atoms. The Bertz CT molecular complexity index is 396. The van der Waals surface area contributed by atoms with Crippen molar-refractivity contribution in [2.75, 3.05) is 26.3 Å². The third-order valence-corrected chi connectivity index (χ3v) is 4.33. The summed E-state index contributed by atoms with van der Waals surface area (Å²) >= 11 is 0. The van der Waals surface area contributed by atoms with Crippen molar-refractivity contribution in [1.82, 2.24) is 14.5 Å². The van der Waals surface area contributed by atoms with E-state index in [1.807, 2.05) is 19.4 Å². The largest absolute Gasteiger partial charge is 0.379 e. The van der Waals surface area contributed by atoms with Crippen LogP contribution in [0.2, 0.25) is 0 Å². The van der Waals surface area contributed by atoms with Crippen LogP contribution in [0.25, 0.3) is 0 Å². The first kappa shape index (κ1) is 14.5. The molecule has 5 nitrogen and oxygen atoms in total. The summed E-state index contributed by atoms with van der Waals surface area (Å²) in [6.45, 7) is 8.06. The van der Waals surface area contributed by atoms with Gasteiger partial charge in [-0.2, -0.15) is 0 Å². The molecule has 2 N–H and O–H groups in total. The molecule has 1 unspecified atom stereocenters. The van der Waals surface area contributed by atoms with Crippen LogP contribution in [0.4, 0.5) is 0 Å². The summed E-state index contributed by atoms with van der Waals surface area (Å²) in [6, 6.07) is 0.141. The normalized spacial score (nSPS) is 19.6. The van der Waals surface area contributed by atoms with Crippen molar-refractivity contribution in [2.45, 2.75) is 38.3 Å². The fourth-order valence-electron chi connectivity index (χ4n) is 2.65. The molecule has 0 radical (unpaired) electrons. The molecular weight excluding hydrogens is 240 g/mol. The summed E-state index contributed by atoms with van der Waals surface area (Å²) in [6.07, 6.45) is 5.70. The van der Waals surface area contributed by atoms with Crippen LogP contribution >= 0.6 is 0 Å². The van der Waals surface area contributed by atoms with Gasteiger partial charge in [-0.1, -0.05) is 0 Å². The van der Waals surface area contributed by atoms with Gasteiger partial charge in [0.2, 0.25) is 0 Å². The molecule has 0 saturated carbocycles. The summed E-state index contributed by atoms with van der Waals surface area (Å²) in [7, 11) is 2.03. The van der Waals surface area contributed by atoms with Gasteiger partial charge in [-0.25, -0.2) is 4.98 Å². The minimum Gasteiger partial charge on any atom is -0.379 e. The summed E-state index contributed by atoms with van der Waals surface area (Å²) in [5.74, 6) is 1.10. The Kier molecular flexibility index (Phi) is 4.60. The third-order valence-electron chi connectivity index (χ3n) is 4.33. The molecule has 1 aromatic rings. The van der Waals surface area contributed by atoms with E-state index in [0.29, 0.717) is 0 Å². The molecule has 108 valence electrons. The van der Waals surface area contributed by atoms with Crippen molar-refractivity contribution in [3.05, 3.63) is 18.2 Å². The number of rotatable bonds is 5. The molecule has 1 aliphatic rings. The van der Waals surface area contributed by atoms with Gasteiger partial charge in [0.05, 0.1) is 13.2 Å². The van der Waals surface area contributed by atoms with Gasteiger partial charge in [-0.15, -0.1) is 0 Å². The molecule has 1 aliphatic heterocycles. The zero-order chi connectivity index (χ0) is 13.9. The Morgan fingerprint density at radius 3 is 2.68 bits per heavy atom. The number of aryl methyl sites for hydroxylation is 2. The van der Waals surface area contributed by atoms with Gasteiger partial charge in [0.1, 0.15) is 5.82 Å². The summed E-state index contributed by atoms with van der Waals surface area (Å²) < 4.78 is 7.48. The minimum atomic E-state index is 0.00887. The second kappa shape index (κ2) is 6.03. The highest BCUT2D eigenvalue weighted by molar-refractivity contribution is 4.97. The lowest BCUT2D eigenvalue weighted by Gasteiger charge is -2.44. The molecule has 1 aromatic heterocycles. The predicted octanol–water partition coefficient (Wildman–Crippen LogP) is 0.791. The highest BCUT2D eigenvalue weighted by Crippen LogP contribution is 2.22. The van der Waals surface area contributed by atoms with E-state index >= 15 is 0 Å². The number of hydrogen-bond donors (Lipinski definition) is 1. The monoisotopic (exact) mass is 266 g/mol. The van der Waals surface area contributed by atoms with Crippen molar-refractivity contribution in [2.24, 2.45) is 12.8 Å². The van der Waals surface area contributed by atoms with Crippen molar-refractivity contribution >= 4 is 0 Å². The van der Waals surface area contributed by atoms with Gasteiger partial charge in [0, 0.05) is 50.5 Å². The van der Waals surface area contributed by atoms with Crippen LogP contribution in [0.5, 0.6) is 0 Å². The van der Waals surface area contributed by atoms with Gasteiger partial charge in [0.15, 0.2) is 0 Å². The average Bonchev–Trinajstić information content (AvgIpc) is 2.82. The van der Waals surface area contributed by atoms with Crippen LogP contribution in [0.15, 0.2) is 12.4 Å². The Morgan fingerprint density at radius 1 is 1.42 bits per heavy atom. The van der Waals surface area contributed by atoms with E-state index in [1.54, 1.807) is 0 Å². The first-order valence-corrected chi connectivity index (χ1v) is 7.06. The molecule has 5 heteroatoms. The SMILES string of the molecule is Cn1ccnc1CCC(N)C(C)(C)N1CCOCC1. The Balaban J connectivity index is 1.90. The number of hydrogen-bond acceptors (Lipinski definition) is 4. The van der Waals surface area contributed by atoms with E-state index in [1.165, 1.54) is 0 Å². The van der Waals surface area contributed by atoms with Crippen LogP contribution in [-0.2, 0) is 18.2 Å². The van der Waals surface area contributed by atoms with Gasteiger partial charge in [0.25, 0.3) is 0 Å². The Labute approximate surface area is 115 Å². The zero-order valence-electron chi connectivity index (χ0n) is 12.3. The lowest BCUT2D eigenvalue weighted by Crippen LogP contribution is -2.59. The minimum absolute atomic E-state index is 0.00887. The molecule has 2 rings (SSSR count). The Morgan fingerprint density at radius 2 is 2.11 bits per heavy atom. The summed E-state index contributed by atoms with van der Waals surface area (Å²) in [5.41, 5.74) is 6.44. The van der Waals surface area contributed by atoms with Crippen LogP contribution in [0, 0.1) is 0 Å². The van der Waals surface area contributed by atoms with Crippen LogP contribution in [0.1, 0.15) is 26.1 Å². The molecule has 1 atom stereocenters. The molecule has 0 amide bonds. The molecule has 0 aliphatic carbocycles. The topological polar surface area (TPSA) is 56.3 Å². The first-order chi connectivity index (χ1) is 9.01. The van der Waals surface area contributed by atoms with E-state index < -0.39 is 0 Å². The van der Waals surface area contributed by atoms with Crippen LogP contribution < -0.4 is 5.73 Å². The molecule has 19 heavy (non-hydrogen) atoms. The van der Waals surface area contributed by atoms with E-state index in [9.17, 15) is 0 Å². The third kappa shape index (κ3) is 3.35. The molecular formula is C14H26N4O. The molecule has 1 fully saturated rings. The summed E-state index contributed by atoms with van der Waals surface area (Å²) in [4.78, 5) is 6.80. The van der Waals surface area contributed by atoms with Crippen LogP contribution in [0.3, 0.4) is 0 Å². The fraction of sp³-hybridized carbons (Fsp3) is 0.786. The van der Waals surface area contributed by atoms with E-state index in [0.717, 1.165) is 45.0 Å². The second-order valence-corrected chi connectivity index (χ2v) is 5.85. The lowest BCUT2D eigenvalue weighted by molar-refractivity contribution is -0.0195. The number of ether oxygens (including phenoxy) is 1. The number of nitrogens with two attached hydrogens (primary N) is 1. The van der Waals surface area contributed by atoms with Gasteiger partial charge in [-0.05, 0) is 20.3 Å². The molecule has 0 aromatic carbocycles. The predicted molar refractivity (Wildman–Crippen MR) is 76.0 cm³/mol.